The Bertz CT molecular complexity index is 425. The van der Waals surface area contributed by atoms with Gasteiger partial charge in [-0.15, -0.1) is 0 Å². The fourth-order valence-electron chi connectivity index (χ4n) is 2.33. The molecule has 0 amide bonds. The van der Waals surface area contributed by atoms with E-state index in [-0.39, 0.29) is 11.8 Å². The van der Waals surface area contributed by atoms with E-state index in [1.807, 2.05) is 0 Å². The Hall–Kier alpha value is -1.62. The van der Waals surface area contributed by atoms with Crippen molar-refractivity contribution in [1.82, 2.24) is 0 Å². The van der Waals surface area contributed by atoms with Crippen LogP contribution in [0.2, 0.25) is 0 Å². The summed E-state index contributed by atoms with van der Waals surface area (Å²) in [6.07, 6.45) is 1.96. The fraction of sp³-hybridized carbons (Fsp3) is 0.500. The number of anilines is 1. The van der Waals surface area contributed by atoms with Crippen LogP contribution in [0.15, 0.2) is 24.3 Å². The number of hydrogen-bond acceptors (Lipinski definition) is 4. The number of carbonyl (C=O) groups is 1. The van der Waals surface area contributed by atoms with Crippen molar-refractivity contribution in [2.75, 3.05) is 25.6 Å². The molecule has 1 aliphatic rings. The van der Waals surface area contributed by atoms with E-state index in [1.165, 1.54) is 19.2 Å². The molecule has 1 heterocycles. The Balaban J connectivity index is 2.21. The number of nitrogens with one attached hydrogen (secondary N) is 1. The summed E-state index contributed by atoms with van der Waals surface area (Å²) in [5.74, 6) is -0.607. The number of hydrogen-bond donors (Lipinski definition) is 1. The molecule has 0 aromatic heterocycles. The lowest BCUT2D eigenvalue weighted by atomic mass is 9.90. The zero-order valence-electron chi connectivity index (χ0n) is 10.9. The van der Waals surface area contributed by atoms with Gasteiger partial charge in [0.2, 0.25) is 0 Å². The minimum Gasteiger partial charge on any atom is -0.467 e. The summed E-state index contributed by atoms with van der Waals surface area (Å²) < 4.78 is 23.2. The zero-order valence-corrected chi connectivity index (χ0v) is 10.9. The Kier molecular flexibility index (Phi) is 4.37. The highest BCUT2D eigenvalue weighted by Crippen LogP contribution is 2.28. The number of carbonyl (C=O) groups excluding carboxylic acids is 1. The van der Waals surface area contributed by atoms with E-state index in [0.29, 0.717) is 31.7 Å². The molecule has 1 atom stereocenters. The SMILES string of the molecule is COC(=O)C1(Nc2ccc(F)cc2)CCCOCC1. The summed E-state index contributed by atoms with van der Waals surface area (Å²) in [4.78, 5) is 12.1. The van der Waals surface area contributed by atoms with E-state index in [9.17, 15) is 9.18 Å². The Morgan fingerprint density at radius 3 is 2.74 bits per heavy atom. The average Bonchev–Trinajstić information content (AvgIpc) is 2.67. The van der Waals surface area contributed by atoms with Crippen LogP contribution in [0.25, 0.3) is 0 Å². The molecule has 1 aromatic carbocycles. The van der Waals surface area contributed by atoms with E-state index in [4.69, 9.17) is 9.47 Å². The van der Waals surface area contributed by atoms with Gasteiger partial charge in [0.05, 0.1) is 7.11 Å². The van der Waals surface area contributed by atoms with Gasteiger partial charge in [-0.25, -0.2) is 9.18 Å². The number of rotatable bonds is 3. The predicted molar refractivity (Wildman–Crippen MR) is 69.4 cm³/mol. The molecule has 1 saturated heterocycles. The van der Waals surface area contributed by atoms with Crippen LogP contribution in [0.4, 0.5) is 10.1 Å². The van der Waals surface area contributed by atoms with Gasteiger partial charge in [-0.2, -0.15) is 0 Å². The fourth-order valence-corrected chi connectivity index (χ4v) is 2.33. The maximum Gasteiger partial charge on any atom is 0.331 e. The lowest BCUT2D eigenvalue weighted by Crippen LogP contribution is -2.47. The van der Waals surface area contributed by atoms with E-state index >= 15 is 0 Å². The standard InChI is InChI=1S/C14H18FNO3/c1-18-13(17)14(7-2-9-19-10-8-14)16-12-5-3-11(15)4-6-12/h3-6,16H,2,7-10H2,1H3. The van der Waals surface area contributed by atoms with Crippen molar-refractivity contribution in [3.8, 4) is 0 Å². The molecule has 104 valence electrons. The molecule has 0 spiro atoms. The van der Waals surface area contributed by atoms with Crippen molar-refractivity contribution in [3.63, 3.8) is 0 Å². The second-order valence-corrected chi connectivity index (χ2v) is 4.67. The highest BCUT2D eigenvalue weighted by Gasteiger charge is 2.40. The molecule has 0 radical (unpaired) electrons. The van der Waals surface area contributed by atoms with Gasteiger partial charge in [0.1, 0.15) is 11.4 Å². The second-order valence-electron chi connectivity index (χ2n) is 4.67. The molecule has 1 unspecified atom stereocenters. The van der Waals surface area contributed by atoms with Crippen LogP contribution in [0.1, 0.15) is 19.3 Å². The van der Waals surface area contributed by atoms with Crippen LogP contribution in [-0.2, 0) is 14.3 Å². The maximum atomic E-state index is 12.9. The summed E-state index contributed by atoms with van der Waals surface area (Å²) >= 11 is 0. The Labute approximate surface area is 111 Å². The van der Waals surface area contributed by atoms with Gasteiger partial charge in [0.25, 0.3) is 0 Å². The molecule has 5 heteroatoms. The third-order valence-corrected chi connectivity index (χ3v) is 3.37. The third kappa shape index (κ3) is 3.23. The van der Waals surface area contributed by atoms with Crippen molar-refractivity contribution in [2.24, 2.45) is 0 Å². The first-order valence-corrected chi connectivity index (χ1v) is 6.36. The van der Waals surface area contributed by atoms with Crippen LogP contribution in [0.5, 0.6) is 0 Å². The van der Waals surface area contributed by atoms with Gasteiger partial charge in [0.15, 0.2) is 0 Å². The third-order valence-electron chi connectivity index (χ3n) is 3.37. The minimum atomic E-state index is -0.789. The van der Waals surface area contributed by atoms with E-state index in [1.54, 1.807) is 12.1 Å². The maximum absolute atomic E-state index is 12.9. The normalized spacial score (nSPS) is 23.5. The summed E-state index contributed by atoms with van der Waals surface area (Å²) in [6, 6.07) is 5.96. The minimum absolute atomic E-state index is 0.303. The van der Waals surface area contributed by atoms with Crippen molar-refractivity contribution in [3.05, 3.63) is 30.1 Å². The van der Waals surface area contributed by atoms with E-state index in [2.05, 4.69) is 5.32 Å². The Morgan fingerprint density at radius 1 is 1.32 bits per heavy atom. The number of methoxy groups -OCH3 is 1. The van der Waals surface area contributed by atoms with Gasteiger partial charge < -0.3 is 14.8 Å². The topological polar surface area (TPSA) is 47.6 Å². The molecular formula is C14H18FNO3. The molecule has 4 nitrogen and oxygen atoms in total. The van der Waals surface area contributed by atoms with E-state index < -0.39 is 5.54 Å². The summed E-state index contributed by atoms with van der Waals surface area (Å²) in [6.45, 7) is 1.15. The van der Waals surface area contributed by atoms with Gasteiger partial charge >= 0.3 is 5.97 Å². The zero-order chi connectivity index (χ0) is 13.7. The molecule has 0 aliphatic carbocycles. The second kappa shape index (κ2) is 6.02. The largest absolute Gasteiger partial charge is 0.467 e. The smallest absolute Gasteiger partial charge is 0.331 e. The van der Waals surface area contributed by atoms with E-state index in [0.717, 1.165) is 6.42 Å². The quantitative estimate of drug-likeness (QED) is 0.854. The van der Waals surface area contributed by atoms with Crippen molar-refractivity contribution in [1.29, 1.82) is 0 Å². The lowest BCUT2D eigenvalue weighted by Gasteiger charge is -2.31. The van der Waals surface area contributed by atoms with Crippen LogP contribution in [-0.4, -0.2) is 31.8 Å². The van der Waals surface area contributed by atoms with Crippen LogP contribution in [0.3, 0.4) is 0 Å². The molecule has 0 saturated carbocycles. The molecule has 1 aliphatic heterocycles. The first-order valence-electron chi connectivity index (χ1n) is 6.36. The molecule has 1 N–H and O–H groups in total. The first kappa shape index (κ1) is 13.8. The summed E-state index contributed by atoms with van der Waals surface area (Å²) in [7, 11) is 1.38. The first-order chi connectivity index (χ1) is 9.16. The molecule has 19 heavy (non-hydrogen) atoms. The van der Waals surface area contributed by atoms with Gasteiger partial charge in [-0.05, 0) is 37.1 Å². The molecule has 2 rings (SSSR count). The van der Waals surface area contributed by atoms with Gasteiger partial charge in [0, 0.05) is 25.3 Å². The van der Waals surface area contributed by atoms with Crippen LogP contribution >= 0.6 is 0 Å². The highest BCUT2D eigenvalue weighted by atomic mass is 19.1. The van der Waals surface area contributed by atoms with Crippen molar-refractivity contribution >= 4 is 11.7 Å². The molecule has 1 aromatic rings. The number of halogens is 1. The number of benzene rings is 1. The van der Waals surface area contributed by atoms with Gasteiger partial charge in [-0.1, -0.05) is 0 Å². The average molecular weight is 267 g/mol. The predicted octanol–water partition coefficient (Wildman–Crippen LogP) is 2.35. The Morgan fingerprint density at radius 2 is 2.05 bits per heavy atom. The van der Waals surface area contributed by atoms with Gasteiger partial charge in [-0.3, -0.25) is 0 Å². The summed E-state index contributed by atoms with van der Waals surface area (Å²) in [5.41, 5.74) is -0.0861. The van der Waals surface area contributed by atoms with Crippen LogP contribution < -0.4 is 5.32 Å². The molecule has 0 bridgehead atoms. The lowest BCUT2D eigenvalue weighted by molar-refractivity contribution is -0.146. The highest BCUT2D eigenvalue weighted by molar-refractivity contribution is 5.84. The number of esters is 1. The summed E-state index contributed by atoms with van der Waals surface area (Å²) in [5, 5.41) is 3.19. The molecule has 1 fully saturated rings. The van der Waals surface area contributed by atoms with Crippen LogP contribution in [0, 0.1) is 5.82 Å². The van der Waals surface area contributed by atoms with Crippen molar-refractivity contribution < 1.29 is 18.7 Å². The van der Waals surface area contributed by atoms with Crippen molar-refractivity contribution in [2.45, 2.75) is 24.8 Å². The molecular weight excluding hydrogens is 249 g/mol. The monoisotopic (exact) mass is 267 g/mol. The number of ether oxygens (including phenoxy) is 2.